The van der Waals surface area contributed by atoms with E-state index in [1.807, 2.05) is 12.1 Å². The van der Waals surface area contributed by atoms with Crippen LogP contribution in [0.2, 0.25) is 0 Å². The van der Waals surface area contributed by atoms with Crippen LogP contribution < -0.4 is 5.32 Å². The van der Waals surface area contributed by atoms with Crippen molar-refractivity contribution >= 4 is 11.7 Å². The average Bonchev–Trinajstić information content (AvgIpc) is 3.04. The smallest absolute Gasteiger partial charge is 0.336 e. The molecular weight excluding hydrogens is 286 g/mol. The van der Waals surface area contributed by atoms with E-state index in [4.69, 9.17) is 0 Å². The summed E-state index contributed by atoms with van der Waals surface area (Å²) in [5.41, 5.74) is 4.98. The van der Waals surface area contributed by atoms with E-state index in [2.05, 4.69) is 42.6 Å². The van der Waals surface area contributed by atoms with E-state index in [0.717, 1.165) is 17.7 Å². The minimum atomic E-state index is -0.861. The SMILES string of the molecule is Cc1ccc2c(c1)[C@@H]1C=CC[C@H]1[C@@H](c1ccccc1C(=O)O)N2. The zero-order valence-electron chi connectivity index (χ0n) is 13.0. The number of anilines is 1. The monoisotopic (exact) mass is 305 g/mol. The maximum Gasteiger partial charge on any atom is 0.336 e. The van der Waals surface area contributed by atoms with Crippen LogP contribution in [-0.4, -0.2) is 11.1 Å². The van der Waals surface area contributed by atoms with Gasteiger partial charge >= 0.3 is 5.97 Å². The zero-order valence-corrected chi connectivity index (χ0v) is 13.0. The first-order chi connectivity index (χ1) is 11.1. The molecule has 0 spiro atoms. The number of aromatic carboxylic acids is 1. The van der Waals surface area contributed by atoms with Crippen LogP contribution in [0.25, 0.3) is 0 Å². The molecule has 0 saturated heterocycles. The largest absolute Gasteiger partial charge is 0.478 e. The highest BCUT2D eigenvalue weighted by Gasteiger charge is 2.39. The van der Waals surface area contributed by atoms with Crippen molar-refractivity contribution in [2.45, 2.75) is 25.3 Å². The van der Waals surface area contributed by atoms with E-state index >= 15 is 0 Å². The highest BCUT2D eigenvalue weighted by molar-refractivity contribution is 5.89. The molecule has 0 unspecified atom stereocenters. The molecule has 1 aliphatic heterocycles. The predicted molar refractivity (Wildman–Crippen MR) is 90.9 cm³/mol. The van der Waals surface area contributed by atoms with Gasteiger partial charge in [-0.2, -0.15) is 0 Å². The predicted octanol–water partition coefficient (Wildman–Crippen LogP) is 4.52. The maximum absolute atomic E-state index is 11.6. The van der Waals surface area contributed by atoms with Crippen LogP contribution in [0.4, 0.5) is 5.69 Å². The van der Waals surface area contributed by atoms with E-state index in [1.54, 1.807) is 12.1 Å². The van der Waals surface area contributed by atoms with Crippen LogP contribution in [0.3, 0.4) is 0 Å². The van der Waals surface area contributed by atoms with Crippen LogP contribution in [0.1, 0.15) is 45.4 Å². The van der Waals surface area contributed by atoms with E-state index in [0.29, 0.717) is 17.4 Å². The van der Waals surface area contributed by atoms with Gasteiger partial charge in [-0.1, -0.05) is 48.0 Å². The Bertz CT molecular complexity index is 809. The summed E-state index contributed by atoms with van der Waals surface area (Å²) in [6.45, 7) is 2.11. The number of hydrogen-bond donors (Lipinski definition) is 2. The van der Waals surface area contributed by atoms with Gasteiger partial charge in [0.05, 0.1) is 11.6 Å². The lowest BCUT2D eigenvalue weighted by atomic mass is 9.76. The molecule has 0 aromatic heterocycles. The summed E-state index contributed by atoms with van der Waals surface area (Å²) in [5, 5.41) is 13.1. The molecule has 0 radical (unpaired) electrons. The Morgan fingerprint density at radius 2 is 2.00 bits per heavy atom. The van der Waals surface area contributed by atoms with Crippen molar-refractivity contribution in [3.05, 3.63) is 76.9 Å². The van der Waals surface area contributed by atoms with Crippen molar-refractivity contribution < 1.29 is 9.90 Å². The number of aryl methyl sites for hydroxylation is 1. The first-order valence-corrected chi connectivity index (χ1v) is 8.01. The quantitative estimate of drug-likeness (QED) is 0.802. The number of benzene rings is 2. The second-order valence-electron chi connectivity index (χ2n) is 6.46. The number of hydrogen-bond acceptors (Lipinski definition) is 2. The minimum Gasteiger partial charge on any atom is -0.478 e. The van der Waals surface area contributed by atoms with Gasteiger partial charge in [0.25, 0.3) is 0 Å². The van der Waals surface area contributed by atoms with Crippen LogP contribution in [-0.2, 0) is 0 Å². The standard InChI is InChI=1S/C20H19NO2/c1-12-9-10-18-17(11-12)13-7-4-8-14(13)19(21-18)15-5-2-3-6-16(15)20(22)23/h2-7,9-11,13-14,19,21H,8H2,1H3,(H,22,23)/t13-,14-,19+/m1/s1. The molecule has 2 N–H and O–H groups in total. The van der Waals surface area contributed by atoms with E-state index in [9.17, 15) is 9.90 Å². The number of fused-ring (bicyclic) bond motifs is 3. The maximum atomic E-state index is 11.6. The van der Waals surface area contributed by atoms with Crippen molar-refractivity contribution in [1.29, 1.82) is 0 Å². The van der Waals surface area contributed by atoms with E-state index in [1.165, 1.54) is 11.1 Å². The molecule has 0 amide bonds. The van der Waals surface area contributed by atoms with Crippen molar-refractivity contribution in [3.63, 3.8) is 0 Å². The number of carboxylic acids is 1. The van der Waals surface area contributed by atoms with Crippen LogP contribution in [0.5, 0.6) is 0 Å². The molecule has 2 aliphatic rings. The molecule has 0 bridgehead atoms. The Kier molecular flexibility index (Phi) is 3.22. The fourth-order valence-corrected chi connectivity index (χ4v) is 3.98. The summed E-state index contributed by atoms with van der Waals surface area (Å²) in [6, 6.07) is 13.8. The van der Waals surface area contributed by atoms with E-state index in [-0.39, 0.29) is 6.04 Å². The fourth-order valence-electron chi connectivity index (χ4n) is 3.98. The van der Waals surface area contributed by atoms with Gasteiger partial charge in [-0.15, -0.1) is 0 Å². The highest BCUT2D eigenvalue weighted by atomic mass is 16.4. The molecule has 23 heavy (non-hydrogen) atoms. The third-order valence-corrected chi connectivity index (χ3v) is 5.04. The van der Waals surface area contributed by atoms with Gasteiger partial charge in [0, 0.05) is 11.6 Å². The first kappa shape index (κ1) is 14.1. The summed E-state index contributed by atoms with van der Waals surface area (Å²) < 4.78 is 0. The van der Waals surface area contributed by atoms with Crippen molar-refractivity contribution in [2.24, 2.45) is 5.92 Å². The van der Waals surface area contributed by atoms with E-state index < -0.39 is 5.97 Å². The number of carboxylic acid groups (broad SMARTS) is 1. The summed E-state index contributed by atoms with van der Waals surface area (Å²) in [4.78, 5) is 11.6. The Morgan fingerprint density at radius 1 is 1.17 bits per heavy atom. The van der Waals surface area contributed by atoms with Gasteiger partial charge < -0.3 is 10.4 Å². The lowest BCUT2D eigenvalue weighted by Crippen LogP contribution is -2.30. The molecule has 0 saturated carbocycles. The van der Waals surface area contributed by atoms with Gasteiger partial charge in [-0.25, -0.2) is 4.79 Å². The third-order valence-electron chi connectivity index (χ3n) is 5.04. The first-order valence-electron chi connectivity index (χ1n) is 8.01. The van der Waals surface area contributed by atoms with Crippen molar-refractivity contribution in [3.8, 4) is 0 Å². The van der Waals surface area contributed by atoms with Crippen LogP contribution >= 0.6 is 0 Å². The number of rotatable bonds is 2. The number of carbonyl (C=O) groups is 1. The van der Waals surface area contributed by atoms with Crippen LogP contribution in [0, 0.1) is 12.8 Å². The molecule has 4 rings (SSSR count). The average molecular weight is 305 g/mol. The Labute approximate surface area is 135 Å². The second kappa shape index (κ2) is 5.27. The molecule has 0 fully saturated rings. The molecule has 3 nitrogen and oxygen atoms in total. The Balaban J connectivity index is 1.83. The molecule has 3 heteroatoms. The third kappa shape index (κ3) is 2.24. The van der Waals surface area contributed by atoms with Crippen molar-refractivity contribution in [1.82, 2.24) is 0 Å². The summed E-state index contributed by atoms with van der Waals surface area (Å²) in [6.07, 6.45) is 5.48. The molecule has 1 heterocycles. The zero-order chi connectivity index (χ0) is 16.0. The molecule has 2 aromatic carbocycles. The molecule has 1 aliphatic carbocycles. The normalized spacial score (nSPS) is 24.7. The molecule has 3 atom stereocenters. The summed E-state index contributed by atoms with van der Waals surface area (Å²) in [5.74, 6) is -0.137. The molecular formula is C20H19NO2. The van der Waals surface area contributed by atoms with Gasteiger partial charge in [-0.3, -0.25) is 0 Å². The molecule has 2 aromatic rings. The van der Waals surface area contributed by atoms with Crippen molar-refractivity contribution in [2.75, 3.05) is 5.32 Å². The summed E-state index contributed by atoms with van der Waals surface area (Å²) >= 11 is 0. The summed E-state index contributed by atoms with van der Waals surface area (Å²) in [7, 11) is 0. The number of nitrogens with one attached hydrogen (secondary N) is 1. The lowest BCUT2D eigenvalue weighted by Gasteiger charge is -2.38. The number of allylic oxidation sites excluding steroid dienone is 2. The van der Waals surface area contributed by atoms with Gasteiger partial charge in [-0.05, 0) is 42.5 Å². The molecule has 116 valence electrons. The highest BCUT2D eigenvalue weighted by Crippen LogP contribution is 2.50. The van der Waals surface area contributed by atoms with Gasteiger partial charge in [0.15, 0.2) is 0 Å². The lowest BCUT2D eigenvalue weighted by molar-refractivity contribution is 0.0694. The van der Waals surface area contributed by atoms with Gasteiger partial charge in [0.2, 0.25) is 0 Å². The van der Waals surface area contributed by atoms with Crippen LogP contribution in [0.15, 0.2) is 54.6 Å². The Morgan fingerprint density at radius 3 is 2.83 bits per heavy atom. The fraction of sp³-hybridized carbons (Fsp3) is 0.250. The topological polar surface area (TPSA) is 49.3 Å². The van der Waals surface area contributed by atoms with Gasteiger partial charge in [0.1, 0.15) is 0 Å². The minimum absolute atomic E-state index is 0.0255. The Hall–Kier alpha value is -2.55. The second-order valence-corrected chi connectivity index (χ2v) is 6.46.